The molecule has 1 aliphatic rings. The zero-order chi connectivity index (χ0) is 13.5. The highest BCUT2D eigenvalue weighted by Crippen LogP contribution is 2.34. The Kier molecular flexibility index (Phi) is 5.61. The minimum atomic E-state index is 0.294. The van der Waals surface area contributed by atoms with Crippen LogP contribution in [-0.4, -0.2) is 31.3 Å². The molecule has 2 rings (SSSR count). The van der Waals surface area contributed by atoms with Gasteiger partial charge in [0.25, 0.3) is 0 Å². The molecule has 0 aliphatic carbocycles. The van der Waals surface area contributed by atoms with Gasteiger partial charge in [-0.15, -0.1) is 0 Å². The second-order valence-corrected chi connectivity index (χ2v) is 5.67. The van der Waals surface area contributed by atoms with E-state index in [4.69, 9.17) is 15.2 Å². The molecule has 104 valence electrons. The summed E-state index contributed by atoms with van der Waals surface area (Å²) in [6.45, 7) is 0.525. The van der Waals surface area contributed by atoms with E-state index in [-0.39, 0.29) is 0 Å². The van der Waals surface area contributed by atoms with Gasteiger partial charge in [0.2, 0.25) is 0 Å². The van der Waals surface area contributed by atoms with Crippen LogP contribution in [-0.2, 0) is 0 Å². The monoisotopic (exact) mass is 279 g/mol. The van der Waals surface area contributed by atoms with Crippen molar-refractivity contribution in [2.45, 2.75) is 18.9 Å². The minimum absolute atomic E-state index is 0.294. The fraction of sp³-hybridized carbons (Fsp3) is 0.467. The third-order valence-electron chi connectivity index (χ3n) is 3.12. The van der Waals surface area contributed by atoms with Crippen molar-refractivity contribution in [3.05, 3.63) is 29.8 Å². The number of nitrogens with two attached hydrogens (primary N) is 1. The fourth-order valence-electron chi connectivity index (χ4n) is 2.11. The van der Waals surface area contributed by atoms with Crippen LogP contribution in [0.2, 0.25) is 0 Å². The first-order chi connectivity index (χ1) is 9.35. The van der Waals surface area contributed by atoms with E-state index >= 15 is 0 Å². The Hall–Kier alpha value is -1.13. The highest BCUT2D eigenvalue weighted by Gasteiger charge is 2.18. The van der Waals surface area contributed by atoms with Crippen LogP contribution in [0.4, 0.5) is 0 Å². The van der Waals surface area contributed by atoms with Crippen molar-refractivity contribution in [2.24, 2.45) is 5.73 Å². The van der Waals surface area contributed by atoms with Crippen molar-refractivity contribution in [3.8, 4) is 11.5 Å². The van der Waals surface area contributed by atoms with E-state index in [1.807, 2.05) is 42.1 Å². The van der Waals surface area contributed by atoms with Crippen molar-refractivity contribution in [1.29, 1.82) is 0 Å². The fourth-order valence-corrected chi connectivity index (χ4v) is 3.17. The quantitative estimate of drug-likeness (QED) is 0.900. The minimum Gasteiger partial charge on any atom is -0.493 e. The van der Waals surface area contributed by atoms with Crippen molar-refractivity contribution in [2.75, 3.05) is 25.2 Å². The highest BCUT2D eigenvalue weighted by molar-refractivity contribution is 7.99. The molecule has 3 nitrogen and oxygen atoms in total. The summed E-state index contributed by atoms with van der Waals surface area (Å²) in [5, 5.41) is 0. The zero-order valence-corrected chi connectivity index (χ0v) is 12.1. The summed E-state index contributed by atoms with van der Waals surface area (Å²) < 4.78 is 11.6. The van der Waals surface area contributed by atoms with E-state index in [1.165, 1.54) is 11.5 Å². The van der Waals surface area contributed by atoms with E-state index in [0.717, 1.165) is 29.9 Å². The summed E-state index contributed by atoms with van der Waals surface area (Å²) in [4.78, 5) is 0. The Morgan fingerprint density at radius 3 is 2.84 bits per heavy atom. The van der Waals surface area contributed by atoms with Crippen molar-refractivity contribution < 1.29 is 9.47 Å². The van der Waals surface area contributed by atoms with Gasteiger partial charge in [0.1, 0.15) is 6.10 Å². The predicted molar refractivity (Wildman–Crippen MR) is 82.1 cm³/mol. The van der Waals surface area contributed by atoms with E-state index in [2.05, 4.69) is 0 Å². The first-order valence-electron chi connectivity index (χ1n) is 6.63. The Morgan fingerprint density at radius 1 is 1.37 bits per heavy atom. The summed E-state index contributed by atoms with van der Waals surface area (Å²) >= 11 is 2.00. The molecule has 2 N–H and O–H groups in total. The Labute approximate surface area is 119 Å². The molecule has 0 spiro atoms. The second-order valence-electron chi connectivity index (χ2n) is 4.45. The standard InChI is InChI=1S/C15H21NO2S/c1-17-14-6-2-4-12(5-3-9-16)15(14)18-13-7-10-19-11-8-13/h2-6,13H,7-11,16H2,1H3/b5-3+. The van der Waals surface area contributed by atoms with Crippen molar-refractivity contribution >= 4 is 17.8 Å². The number of methoxy groups -OCH3 is 1. The summed E-state index contributed by atoms with van der Waals surface area (Å²) in [6, 6.07) is 5.94. The summed E-state index contributed by atoms with van der Waals surface area (Å²) in [5.74, 6) is 3.98. The molecule has 1 heterocycles. The van der Waals surface area contributed by atoms with E-state index in [1.54, 1.807) is 7.11 Å². The molecule has 0 aromatic heterocycles. The third kappa shape index (κ3) is 3.91. The number of thioether (sulfide) groups is 1. The van der Waals surface area contributed by atoms with Crippen molar-refractivity contribution in [3.63, 3.8) is 0 Å². The molecule has 0 unspecified atom stereocenters. The molecular formula is C15H21NO2S. The third-order valence-corrected chi connectivity index (χ3v) is 4.16. The summed E-state index contributed by atoms with van der Waals surface area (Å²) in [6.07, 6.45) is 6.42. The maximum absolute atomic E-state index is 6.18. The predicted octanol–water partition coefficient (Wildman–Crippen LogP) is 2.94. The van der Waals surface area contributed by atoms with Crippen LogP contribution >= 0.6 is 11.8 Å². The maximum atomic E-state index is 6.18. The van der Waals surface area contributed by atoms with Gasteiger partial charge in [-0.2, -0.15) is 11.8 Å². The van der Waals surface area contributed by atoms with E-state index < -0.39 is 0 Å². The zero-order valence-electron chi connectivity index (χ0n) is 11.3. The number of benzene rings is 1. The first-order valence-corrected chi connectivity index (χ1v) is 7.78. The average Bonchev–Trinajstić information content (AvgIpc) is 2.47. The smallest absolute Gasteiger partial charge is 0.168 e. The van der Waals surface area contributed by atoms with E-state index in [9.17, 15) is 0 Å². The topological polar surface area (TPSA) is 44.5 Å². The van der Waals surface area contributed by atoms with Gasteiger partial charge in [-0.25, -0.2) is 0 Å². The SMILES string of the molecule is COc1cccc(/C=C/CN)c1OC1CCSCC1. The van der Waals surface area contributed by atoms with Crippen molar-refractivity contribution in [1.82, 2.24) is 0 Å². The molecule has 1 aromatic carbocycles. The molecule has 0 bridgehead atoms. The van der Waals surface area contributed by atoms with E-state index in [0.29, 0.717) is 12.6 Å². The Morgan fingerprint density at radius 2 is 2.16 bits per heavy atom. The summed E-state index contributed by atoms with van der Waals surface area (Å²) in [5.41, 5.74) is 6.55. The number of para-hydroxylation sites is 1. The lowest BCUT2D eigenvalue weighted by Crippen LogP contribution is -2.22. The van der Waals surface area contributed by atoms with Crippen LogP contribution in [0.1, 0.15) is 18.4 Å². The molecule has 1 aromatic rings. The normalized spacial score (nSPS) is 16.7. The van der Waals surface area contributed by atoms with Gasteiger partial charge < -0.3 is 15.2 Å². The van der Waals surface area contributed by atoms with Crippen LogP contribution in [0.25, 0.3) is 6.08 Å². The Balaban J connectivity index is 2.21. The lowest BCUT2D eigenvalue weighted by molar-refractivity contribution is 0.184. The maximum Gasteiger partial charge on any atom is 0.168 e. The largest absolute Gasteiger partial charge is 0.493 e. The second kappa shape index (κ2) is 7.46. The molecule has 4 heteroatoms. The van der Waals surface area contributed by atoms with Gasteiger partial charge in [-0.3, -0.25) is 0 Å². The molecule has 1 saturated heterocycles. The van der Waals surface area contributed by atoms with Gasteiger partial charge in [-0.1, -0.05) is 24.3 Å². The van der Waals surface area contributed by atoms with Crippen LogP contribution in [0.3, 0.4) is 0 Å². The number of hydrogen-bond acceptors (Lipinski definition) is 4. The molecule has 0 saturated carbocycles. The van der Waals surface area contributed by atoms with Gasteiger partial charge >= 0.3 is 0 Å². The molecule has 19 heavy (non-hydrogen) atoms. The lowest BCUT2D eigenvalue weighted by atomic mass is 10.1. The molecule has 0 amide bonds. The number of ether oxygens (including phenoxy) is 2. The van der Waals surface area contributed by atoms with Gasteiger partial charge in [0, 0.05) is 12.1 Å². The molecule has 0 radical (unpaired) electrons. The number of rotatable bonds is 5. The Bertz CT molecular complexity index is 428. The van der Waals surface area contributed by atoms with Crippen LogP contribution in [0.15, 0.2) is 24.3 Å². The van der Waals surface area contributed by atoms with Gasteiger partial charge in [0.15, 0.2) is 11.5 Å². The molecule has 0 atom stereocenters. The molecular weight excluding hydrogens is 258 g/mol. The molecule has 1 aliphatic heterocycles. The van der Waals surface area contributed by atoms with Gasteiger partial charge in [-0.05, 0) is 30.4 Å². The molecule has 1 fully saturated rings. The van der Waals surface area contributed by atoms with Crippen LogP contribution in [0.5, 0.6) is 11.5 Å². The highest BCUT2D eigenvalue weighted by atomic mass is 32.2. The number of hydrogen-bond donors (Lipinski definition) is 1. The summed E-state index contributed by atoms with van der Waals surface area (Å²) in [7, 11) is 1.68. The first kappa shape index (κ1) is 14.3. The van der Waals surface area contributed by atoms with Gasteiger partial charge in [0.05, 0.1) is 7.11 Å². The average molecular weight is 279 g/mol. The lowest BCUT2D eigenvalue weighted by Gasteiger charge is -2.24. The van der Waals surface area contributed by atoms with Crippen LogP contribution < -0.4 is 15.2 Å². The van der Waals surface area contributed by atoms with Crippen LogP contribution in [0, 0.1) is 0 Å².